The van der Waals surface area contributed by atoms with Crippen molar-refractivity contribution in [1.29, 1.82) is 0 Å². The van der Waals surface area contributed by atoms with E-state index in [1.54, 1.807) is 23.5 Å². The lowest BCUT2D eigenvalue weighted by molar-refractivity contribution is 0.103. The van der Waals surface area contributed by atoms with Crippen molar-refractivity contribution >= 4 is 29.2 Å². The minimum atomic E-state index is -0.896. The number of nitrogens with zero attached hydrogens (tertiary/aromatic N) is 1. The van der Waals surface area contributed by atoms with Gasteiger partial charge >= 0.3 is 0 Å². The number of rotatable bonds is 2. The first kappa shape index (κ1) is 12.9. The number of thioether (sulfide) groups is 2. The molecule has 17 heavy (non-hydrogen) atoms. The zero-order chi connectivity index (χ0) is 12.6. The molecule has 1 unspecified atom stereocenters. The third-order valence-electron chi connectivity index (χ3n) is 3.15. The Balaban J connectivity index is 2.65. The van der Waals surface area contributed by atoms with Crippen LogP contribution in [0.5, 0.6) is 0 Å². The molecule has 0 saturated heterocycles. The maximum Gasteiger partial charge on any atom is 0.130 e. The first-order chi connectivity index (χ1) is 8.04. The molecule has 2 nitrogen and oxygen atoms in total. The predicted octanol–water partition coefficient (Wildman–Crippen LogP) is 3.24. The summed E-state index contributed by atoms with van der Waals surface area (Å²) in [7, 11) is 2.02. The molecule has 0 bridgehead atoms. The highest BCUT2D eigenvalue weighted by Crippen LogP contribution is 2.49. The van der Waals surface area contributed by atoms with Gasteiger partial charge in [-0.15, -0.1) is 23.5 Å². The summed E-state index contributed by atoms with van der Waals surface area (Å²) in [6.07, 6.45) is 4.09. The molecule has 1 atom stereocenters. The molecule has 0 spiro atoms. The molecule has 1 aliphatic heterocycles. The summed E-state index contributed by atoms with van der Waals surface area (Å²) in [6.45, 7) is 1.87. The van der Waals surface area contributed by atoms with Crippen molar-refractivity contribution in [2.75, 3.05) is 24.5 Å². The van der Waals surface area contributed by atoms with Crippen LogP contribution in [0.2, 0.25) is 0 Å². The van der Waals surface area contributed by atoms with Gasteiger partial charge in [-0.2, -0.15) is 0 Å². The van der Waals surface area contributed by atoms with Crippen LogP contribution in [-0.4, -0.2) is 24.7 Å². The van der Waals surface area contributed by atoms with Gasteiger partial charge in [0.2, 0.25) is 0 Å². The Kier molecular flexibility index (Phi) is 3.48. The summed E-state index contributed by atoms with van der Waals surface area (Å²) in [5.74, 6) is 0. The van der Waals surface area contributed by atoms with Crippen molar-refractivity contribution in [3.8, 4) is 0 Å². The number of likely N-dealkylation sites (N-methyl/N-ethyl adjacent to an activating group) is 1. The van der Waals surface area contributed by atoms with Crippen molar-refractivity contribution in [1.82, 2.24) is 0 Å². The van der Waals surface area contributed by atoms with Gasteiger partial charge in [-0.25, -0.2) is 0 Å². The van der Waals surface area contributed by atoms with Crippen LogP contribution < -0.4 is 4.90 Å². The van der Waals surface area contributed by atoms with E-state index in [1.807, 2.05) is 44.7 Å². The topological polar surface area (TPSA) is 23.5 Å². The summed E-state index contributed by atoms with van der Waals surface area (Å²) in [4.78, 5) is 2.09. The van der Waals surface area contributed by atoms with Crippen molar-refractivity contribution in [2.24, 2.45) is 0 Å². The zero-order valence-corrected chi connectivity index (χ0v) is 12.2. The highest BCUT2D eigenvalue weighted by atomic mass is 32.2. The second-order valence-electron chi connectivity index (χ2n) is 4.19. The largest absolute Gasteiger partial charge is 0.379 e. The smallest absolute Gasteiger partial charge is 0.130 e. The number of anilines is 1. The minimum absolute atomic E-state index is 0.896. The molecule has 1 aromatic rings. The van der Waals surface area contributed by atoms with E-state index in [4.69, 9.17) is 0 Å². The molecule has 1 aromatic carbocycles. The summed E-state index contributed by atoms with van der Waals surface area (Å²) < 4.78 is 1.16. The second-order valence-corrected chi connectivity index (χ2v) is 6.08. The maximum absolute atomic E-state index is 10.8. The molecule has 92 valence electrons. The van der Waals surface area contributed by atoms with Crippen LogP contribution in [0.3, 0.4) is 0 Å². The van der Waals surface area contributed by atoms with Gasteiger partial charge in [0.1, 0.15) is 5.60 Å². The van der Waals surface area contributed by atoms with Crippen LogP contribution >= 0.6 is 23.5 Å². The summed E-state index contributed by atoms with van der Waals surface area (Å²) in [5.41, 5.74) is 2.16. The van der Waals surface area contributed by atoms with E-state index >= 15 is 0 Å². The van der Waals surface area contributed by atoms with E-state index in [2.05, 4.69) is 11.0 Å². The van der Waals surface area contributed by atoms with Crippen molar-refractivity contribution in [2.45, 2.75) is 12.5 Å². The third kappa shape index (κ3) is 1.88. The van der Waals surface area contributed by atoms with E-state index in [0.717, 1.165) is 21.2 Å². The number of aliphatic hydroxyl groups is 1. The average Bonchev–Trinajstić information content (AvgIpc) is 2.53. The number of fused-ring (bicyclic) bond motifs is 1. The van der Waals surface area contributed by atoms with E-state index in [1.165, 1.54) is 0 Å². The van der Waals surface area contributed by atoms with Gasteiger partial charge in [0, 0.05) is 18.3 Å². The van der Waals surface area contributed by atoms with Crippen LogP contribution in [0.1, 0.15) is 12.5 Å². The van der Waals surface area contributed by atoms with Crippen LogP contribution in [0.15, 0.2) is 34.2 Å². The Bertz CT molecular complexity index is 462. The average molecular weight is 267 g/mol. The van der Waals surface area contributed by atoms with Gasteiger partial charge in [0.15, 0.2) is 0 Å². The fraction of sp³-hybridized carbons (Fsp3) is 0.385. The number of hydrogen-bond donors (Lipinski definition) is 1. The van der Waals surface area contributed by atoms with Crippen molar-refractivity contribution in [3.63, 3.8) is 0 Å². The van der Waals surface area contributed by atoms with Crippen LogP contribution in [0.4, 0.5) is 5.69 Å². The van der Waals surface area contributed by atoms with Gasteiger partial charge in [-0.1, -0.05) is 18.2 Å². The minimum Gasteiger partial charge on any atom is -0.379 e. The molecule has 4 heteroatoms. The van der Waals surface area contributed by atoms with Gasteiger partial charge in [-0.3, -0.25) is 0 Å². The molecule has 0 amide bonds. The lowest BCUT2D eigenvalue weighted by Gasteiger charge is -2.25. The summed E-state index contributed by atoms with van der Waals surface area (Å²) in [5, 5.41) is 10.8. The van der Waals surface area contributed by atoms with Gasteiger partial charge in [0.25, 0.3) is 0 Å². The molecule has 1 heterocycles. The quantitative estimate of drug-likeness (QED) is 0.888. The SMILES string of the molecule is CSC(SC)=C1N(C)c2ccccc2C1(C)O. The van der Waals surface area contributed by atoms with E-state index in [9.17, 15) is 5.11 Å². The molecule has 1 aliphatic rings. The predicted molar refractivity (Wildman–Crippen MR) is 78.5 cm³/mol. The number of para-hydroxylation sites is 1. The van der Waals surface area contributed by atoms with E-state index in [-0.39, 0.29) is 0 Å². The molecular formula is C13H17NOS2. The first-order valence-corrected chi connectivity index (χ1v) is 7.87. The Morgan fingerprint density at radius 1 is 1.24 bits per heavy atom. The standard InChI is InChI=1S/C13H17NOS2/c1-13(15)9-7-5-6-8-10(9)14(2)11(13)12(16-3)17-4/h5-8,15H,1-4H3. The molecule has 0 aromatic heterocycles. The number of hydrogen-bond acceptors (Lipinski definition) is 4. The fourth-order valence-electron chi connectivity index (χ4n) is 2.36. The molecule has 1 N–H and O–H groups in total. The zero-order valence-electron chi connectivity index (χ0n) is 10.5. The molecule has 0 radical (unpaired) electrons. The lowest BCUT2D eigenvalue weighted by atomic mass is 9.96. The van der Waals surface area contributed by atoms with E-state index in [0.29, 0.717) is 0 Å². The fourth-order valence-corrected chi connectivity index (χ4v) is 4.09. The molecule has 0 saturated carbocycles. The van der Waals surface area contributed by atoms with Gasteiger partial charge < -0.3 is 10.0 Å². The maximum atomic E-state index is 10.8. The summed E-state index contributed by atoms with van der Waals surface area (Å²) in [6, 6.07) is 8.03. The van der Waals surface area contributed by atoms with Crippen LogP contribution in [0.25, 0.3) is 0 Å². The Morgan fingerprint density at radius 3 is 2.35 bits per heavy atom. The van der Waals surface area contributed by atoms with Crippen LogP contribution in [0, 0.1) is 0 Å². The van der Waals surface area contributed by atoms with E-state index < -0.39 is 5.60 Å². The second kappa shape index (κ2) is 4.59. The van der Waals surface area contributed by atoms with Crippen LogP contribution in [-0.2, 0) is 5.60 Å². The Labute approximate surface area is 111 Å². The molecule has 0 fully saturated rings. The third-order valence-corrected chi connectivity index (χ3v) is 5.28. The highest BCUT2D eigenvalue weighted by molar-refractivity contribution is 8.21. The Hall–Kier alpha value is -0.580. The first-order valence-electron chi connectivity index (χ1n) is 5.42. The van der Waals surface area contributed by atoms with Crippen molar-refractivity contribution < 1.29 is 5.11 Å². The Morgan fingerprint density at radius 2 is 1.82 bits per heavy atom. The summed E-state index contributed by atoms with van der Waals surface area (Å²) >= 11 is 3.37. The van der Waals surface area contributed by atoms with Gasteiger partial charge in [-0.05, 0) is 25.5 Å². The molecule has 0 aliphatic carbocycles. The molecular weight excluding hydrogens is 250 g/mol. The monoisotopic (exact) mass is 267 g/mol. The van der Waals surface area contributed by atoms with Gasteiger partial charge in [0.05, 0.1) is 9.93 Å². The molecule has 2 rings (SSSR count). The lowest BCUT2D eigenvalue weighted by Crippen LogP contribution is -2.26. The van der Waals surface area contributed by atoms with Crippen molar-refractivity contribution in [3.05, 3.63) is 39.8 Å². The highest BCUT2D eigenvalue weighted by Gasteiger charge is 2.42. The number of benzene rings is 1. The normalized spacial score (nSPS) is 22.9.